The number of hydrogen-bond acceptors (Lipinski definition) is 3. The first-order valence-electron chi connectivity index (χ1n) is 7.24. The number of pyridine rings is 1. The van der Waals surface area contributed by atoms with E-state index in [2.05, 4.69) is 42.2 Å². The monoisotopic (exact) mass is 258 g/mol. The van der Waals surface area contributed by atoms with Crippen molar-refractivity contribution in [3.05, 3.63) is 23.9 Å². The van der Waals surface area contributed by atoms with Gasteiger partial charge in [0.1, 0.15) is 0 Å². The van der Waals surface area contributed by atoms with Gasteiger partial charge in [0.15, 0.2) is 5.65 Å². The van der Waals surface area contributed by atoms with Gasteiger partial charge in [0, 0.05) is 11.7 Å². The van der Waals surface area contributed by atoms with E-state index in [9.17, 15) is 0 Å². The molecule has 1 aliphatic rings. The van der Waals surface area contributed by atoms with Crippen molar-refractivity contribution in [1.29, 1.82) is 0 Å². The van der Waals surface area contributed by atoms with Crippen LogP contribution in [0.15, 0.2) is 18.2 Å². The SMILES string of the molecule is Cc1cccc2nc(NC3CCCC(C)C3C)nn12. The minimum Gasteiger partial charge on any atom is -0.350 e. The Morgan fingerprint density at radius 1 is 1.26 bits per heavy atom. The number of fused-ring (bicyclic) bond motifs is 1. The number of nitrogens with zero attached hydrogens (tertiary/aromatic N) is 3. The van der Waals surface area contributed by atoms with Gasteiger partial charge >= 0.3 is 0 Å². The van der Waals surface area contributed by atoms with Gasteiger partial charge in [-0.25, -0.2) is 4.52 Å². The van der Waals surface area contributed by atoms with Crippen LogP contribution in [-0.2, 0) is 0 Å². The molecule has 102 valence electrons. The molecule has 2 heterocycles. The second kappa shape index (κ2) is 4.83. The lowest BCUT2D eigenvalue weighted by atomic mass is 9.78. The van der Waals surface area contributed by atoms with Crippen LogP contribution >= 0.6 is 0 Å². The Bertz CT molecular complexity index is 575. The highest BCUT2D eigenvalue weighted by molar-refractivity contribution is 5.44. The standard InChI is InChI=1S/C15H22N4/c1-10-6-4-8-13(12(10)3)16-15-17-14-9-5-7-11(2)19(14)18-15/h5,7,9-10,12-13H,4,6,8H2,1-3H3,(H,16,18). The zero-order chi connectivity index (χ0) is 13.4. The molecule has 0 bridgehead atoms. The summed E-state index contributed by atoms with van der Waals surface area (Å²) in [6, 6.07) is 6.57. The molecule has 1 saturated carbocycles. The molecule has 4 nitrogen and oxygen atoms in total. The summed E-state index contributed by atoms with van der Waals surface area (Å²) in [7, 11) is 0. The normalized spacial score (nSPS) is 27.6. The third kappa shape index (κ3) is 2.31. The van der Waals surface area contributed by atoms with Crippen LogP contribution in [0.3, 0.4) is 0 Å². The third-order valence-electron chi connectivity index (χ3n) is 4.57. The minimum absolute atomic E-state index is 0.501. The van der Waals surface area contributed by atoms with Gasteiger partial charge in [0.2, 0.25) is 5.95 Å². The highest BCUT2D eigenvalue weighted by Crippen LogP contribution is 2.31. The van der Waals surface area contributed by atoms with Crippen LogP contribution in [0.2, 0.25) is 0 Å². The fraction of sp³-hybridized carbons (Fsp3) is 0.600. The van der Waals surface area contributed by atoms with Crippen molar-refractivity contribution in [1.82, 2.24) is 14.6 Å². The fourth-order valence-electron chi connectivity index (χ4n) is 3.05. The third-order valence-corrected chi connectivity index (χ3v) is 4.57. The summed E-state index contributed by atoms with van der Waals surface area (Å²) in [5, 5.41) is 8.09. The van der Waals surface area contributed by atoms with Gasteiger partial charge < -0.3 is 5.32 Å². The quantitative estimate of drug-likeness (QED) is 0.899. The van der Waals surface area contributed by atoms with Crippen LogP contribution in [0, 0.1) is 18.8 Å². The summed E-state index contributed by atoms with van der Waals surface area (Å²) in [5.41, 5.74) is 2.03. The summed E-state index contributed by atoms with van der Waals surface area (Å²) >= 11 is 0. The molecule has 0 aromatic carbocycles. The molecule has 0 amide bonds. The second-order valence-electron chi connectivity index (χ2n) is 5.89. The molecule has 0 aliphatic heterocycles. The first-order chi connectivity index (χ1) is 9.15. The number of aromatic nitrogens is 3. The van der Waals surface area contributed by atoms with E-state index in [1.54, 1.807) is 0 Å². The molecule has 0 saturated heterocycles. The molecule has 1 fully saturated rings. The van der Waals surface area contributed by atoms with Crippen molar-refractivity contribution in [2.45, 2.75) is 46.1 Å². The summed E-state index contributed by atoms with van der Waals surface area (Å²) in [6.45, 7) is 6.74. The van der Waals surface area contributed by atoms with Crippen LogP contribution in [0.4, 0.5) is 5.95 Å². The van der Waals surface area contributed by atoms with E-state index < -0.39 is 0 Å². The molecular formula is C15H22N4. The van der Waals surface area contributed by atoms with E-state index in [4.69, 9.17) is 0 Å². The van der Waals surface area contributed by atoms with E-state index in [1.165, 1.54) is 19.3 Å². The molecule has 3 rings (SSSR count). The van der Waals surface area contributed by atoms with E-state index in [-0.39, 0.29) is 0 Å². The van der Waals surface area contributed by atoms with Crippen molar-refractivity contribution in [3.63, 3.8) is 0 Å². The van der Waals surface area contributed by atoms with E-state index in [1.807, 2.05) is 16.6 Å². The minimum atomic E-state index is 0.501. The Labute approximate surface area is 114 Å². The van der Waals surface area contributed by atoms with E-state index in [0.29, 0.717) is 12.0 Å². The Hall–Kier alpha value is -1.58. The molecule has 2 aromatic heterocycles. The number of anilines is 1. The first kappa shape index (κ1) is 12.5. The lowest BCUT2D eigenvalue weighted by molar-refractivity contribution is 0.252. The maximum atomic E-state index is 4.57. The smallest absolute Gasteiger partial charge is 0.243 e. The van der Waals surface area contributed by atoms with Crippen molar-refractivity contribution in [3.8, 4) is 0 Å². The average Bonchev–Trinajstić information content (AvgIpc) is 2.79. The molecule has 3 unspecified atom stereocenters. The van der Waals surface area contributed by atoms with Crippen LogP contribution < -0.4 is 5.32 Å². The maximum absolute atomic E-state index is 4.57. The first-order valence-corrected chi connectivity index (χ1v) is 7.24. The molecule has 2 aromatic rings. The van der Waals surface area contributed by atoms with Crippen molar-refractivity contribution in [2.75, 3.05) is 5.32 Å². The number of hydrogen-bond donors (Lipinski definition) is 1. The fourth-order valence-corrected chi connectivity index (χ4v) is 3.05. The largest absolute Gasteiger partial charge is 0.350 e. The van der Waals surface area contributed by atoms with Gasteiger partial charge in [-0.3, -0.25) is 0 Å². The van der Waals surface area contributed by atoms with Gasteiger partial charge in [-0.15, -0.1) is 5.10 Å². The molecule has 3 atom stereocenters. The van der Waals surface area contributed by atoms with Crippen LogP contribution in [0.5, 0.6) is 0 Å². The molecule has 1 aliphatic carbocycles. The van der Waals surface area contributed by atoms with Crippen molar-refractivity contribution >= 4 is 11.6 Å². The zero-order valence-electron chi connectivity index (χ0n) is 11.9. The lowest BCUT2D eigenvalue weighted by Gasteiger charge is -2.34. The zero-order valence-corrected chi connectivity index (χ0v) is 11.9. The molecule has 0 spiro atoms. The molecule has 0 radical (unpaired) electrons. The molecule has 19 heavy (non-hydrogen) atoms. The van der Waals surface area contributed by atoms with Crippen LogP contribution in [0.1, 0.15) is 38.8 Å². The molecule has 1 N–H and O–H groups in total. The van der Waals surface area contributed by atoms with E-state index in [0.717, 1.165) is 23.2 Å². The Morgan fingerprint density at radius 2 is 2.11 bits per heavy atom. The predicted molar refractivity (Wildman–Crippen MR) is 77.3 cm³/mol. The Balaban J connectivity index is 1.83. The Morgan fingerprint density at radius 3 is 2.89 bits per heavy atom. The predicted octanol–water partition coefficient (Wildman–Crippen LogP) is 3.27. The maximum Gasteiger partial charge on any atom is 0.243 e. The van der Waals surface area contributed by atoms with Crippen LogP contribution in [-0.4, -0.2) is 20.6 Å². The number of nitrogens with one attached hydrogen (secondary N) is 1. The summed E-state index contributed by atoms with van der Waals surface area (Å²) < 4.78 is 1.90. The lowest BCUT2D eigenvalue weighted by Crippen LogP contribution is -2.35. The molecule has 4 heteroatoms. The number of aryl methyl sites for hydroxylation is 1. The highest BCUT2D eigenvalue weighted by Gasteiger charge is 2.27. The Kier molecular flexibility index (Phi) is 3.17. The van der Waals surface area contributed by atoms with Gasteiger partial charge in [-0.1, -0.05) is 32.8 Å². The average molecular weight is 258 g/mol. The molecular weight excluding hydrogens is 236 g/mol. The number of rotatable bonds is 2. The van der Waals surface area contributed by atoms with Crippen molar-refractivity contribution < 1.29 is 0 Å². The highest BCUT2D eigenvalue weighted by atomic mass is 15.4. The summed E-state index contributed by atoms with van der Waals surface area (Å²) in [4.78, 5) is 4.57. The van der Waals surface area contributed by atoms with Crippen LogP contribution in [0.25, 0.3) is 5.65 Å². The van der Waals surface area contributed by atoms with Gasteiger partial charge in [0.25, 0.3) is 0 Å². The summed E-state index contributed by atoms with van der Waals surface area (Å²) in [6.07, 6.45) is 3.87. The summed E-state index contributed by atoms with van der Waals surface area (Å²) in [5.74, 6) is 2.23. The van der Waals surface area contributed by atoms with Gasteiger partial charge in [0.05, 0.1) is 0 Å². The van der Waals surface area contributed by atoms with Crippen molar-refractivity contribution in [2.24, 2.45) is 11.8 Å². The van der Waals surface area contributed by atoms with Gasteiger partial charge in [-0.2, -0.15) is 4.98 Å². The van der Waals surface area contributed by atoms with E-state index >= 15 is 0 Å². The second-order valence-corrected chi connectivity index (χ2v) is 5.89. The van der Waals surface area contributed by atoms with Gasteiger partial charge in [-0.05, 0) is 37.3 Å². The topological polar surface area (TPSA) is 42.2 Å².